The Labute approximate surface area is 167 Å². The fourth-order valence-corrected chi connectivity index (χ4v) is 3.82. The molecule has 0 fully saturated rings. The third kappa shape index (κ3) is 4.60. The zero-order valence-electron chi connectivity index (χ0n) is 15.7. The molecular weight excluding hydrogens is 398 g/mol. The molecule has 0 aliphatic rings. The number of hydrogen-bond acceptors (Lipinski definition) is 3. The molecule has 0 saturated carbocycles. The molecule has 0 bridgehead atoms. The normalized spacial score (nSPS) is 11.2. The second-order valence-electron chi connectivity index (χ2n) is 6.47. The van der Waals surface area contributed by atoms with Crippen LogP contribution in [0.2, 0.25) is 0 Å². The minimum Gasteiger partial charge on any atom is -0.319 e. The number of anilines is 2. The predicted molar refractivity (Wildman–Crippen MR) is 107 cm³/mol. The summed E-state index contributed by atoms with van der Waals surface area (Å²) in [6.45, 7) is 3.42. The monoisotopic (exact) mass is 416 g/mol. The average molecular weight is 416 g/mol. The summed E-state index contributed by atoms with van der Waals surface area (Å²) >= 11 is 0. The molecule has 29 heavy (non-hydrogen) atoms. The van der Waals surface area contributed by atoms with Crippen LogP contribution >= 0.6 is 0 Å². The highest BCUT2D eigenvalue weighted by molar-refractivity contribution is 7.92. The van der Waals surface area contributed by atoms with Crippen LogP contribution in [0.15, 0.2) is 65.6 Å². The van der Waals surface area contributed by atoms with Crippen LogP contribution in [-0.2, 0) is 10.0 Å². The molecule has 3 aromatic rings. The molecule has 0 aromatic heterocycles. The van der Waals surface area contributed by atoms with Crippen LogP contribution in [0.25, 0.3) is 0 Å². The van der Waals surface area contributed by atoms with Crippen LogP contribution in [-0.4, -0.2) is 14.3 Å². The summed E-state index contributed by atoms with van der Waals surface area (Å²) in [4.78, 5) is 12.6. The molecule has 3 aromatic carbocycles. The maximum absolute atomic E-state index is 13.8. The highest BCUT2D eigenvalue weighted by Crippen LogP contribution is 2.24. The lowest BCUT2D eigenvalue weighted by atomic mass is 10.1. The van der Waals surface area contributed by atoms with E-state index >= 15 is 0 Å². The first kappa shape index (κ1) is 20.5. The van der Waals surface area contributed by atoms with Gasteiger partial charge in [0.15, 0.2) is 0 Å². The number of halogens is 2. The van der Waals surface area contributed by atoms with Gasteiger partial charge in [0.2, 0.25) is 0 Å². The molecule has 0 saturated heterocycles. The third-order valence-electron chi connectivity index (χ3n) is 4.33. The van der Waals surface area contributed by atoms with Crippen molar-refractivity contribution in [2.75, 3.05) is 10.0 Å². The van der Waals surface area contributed by atoms with Gasteiger partial charge in [-0.05, 0) is 55.8 Å². The van der Waals surface area contributed by atoms with Crippen LogP contribution in [0.5, 0.6) is 0 Å². The molecule has 0 aliphatic heterocycles. The second-order valence-corrected chi connectivity index (χ2v) is 8.16. The molecule has 2 N–H and O–H groups in total. The van der Waals surface area contributed by atoms with Crippen molar-refractivity contribution in [2.24, 2.45) is 0 Å². The van der Waals surface area contributed by atoms with Crippen molar-refractivity contribution in [3.05, 3.63) is 89.0 Å². The predicted octanol–water partition coefficient (Wildman–Crippen LogP) is 4.63. The van der Waals surface area contributed by atoms with E-state index in [0.717, 1.165) is 17.7 Å². The Morgan fingerprint density at radius 2 is 1.59 bits per heavy atom. The highest BCUT2D eigenvalue weighted by Gasteiger charge is 2.18. The van der Waals surface area contributed by atoms with Crippen molar-refractivity contribution in [1.29, 1.82) is 0 Å². The lowest BCUT2D eigenvalue weighted by Crippen LogP contribution is -2.17. The Morgan fingerprint density at radius 3 is 2.24 bits per heavy atom. The van der Waals surface area contributed by atoms with Gasteiger partial charge < -0.3 is 5.32 Å². The molecule has 0 atom stereocenters. The van der Waals surface area contributed by atoms with Crippen molar-refractivity contribution in [2.45, 2.75) is 18.7 Å². The van der Waals surface area contributed by atoms with E-state index in [1.807, 2.05) is 6.92 Å². The third-order valence-corrected chi connectivity index (χ3v) is 5.71. The fraction of sp³-hybridized carbons (Fsp3) is 0.0952. The number of carbonyl (C=O) groups is 1. The summed E-state index contributed by atoms with van der Waals surface area (Å²) in [5.41, 5.74) is 1.48. The highest BCUT2D eigenvalue weighted by atomic mass is 32.2. The van der Waals surface area contributed by atoms with Gasteiger partial charge in [0.25, 0.3) is 15.9 Å². The molecule has 0 spiro atoms. The number of rotatable bonds is 5. The summed E-state index contributed by atoms with van der Waals surface area (Å²) in [7, 11) is -3.85. The molecule has 0 heterocycles. The zero-order valence-corrected chi connectivity index (χ0v) is 16.5. The lowest BCUT2D eigenvalue weighted by Gasteiger charge is -2.14. The Bertz CT molecular complexity index is 1180. The molecule has 1 amide bonds. The smallest absolute Gasteiger partial charge is 0.261 e. The van der Waals surface area contributed by atoms with E-state index in [1.165, 1.54) is 30.3 Å². The van der Waals surface area contributed by atoms with E-state index in [0.29, 0.717) is 11.6 Å². The van der Waals surface area contributed by atoms with Gasteiger partial charge in [-0.25, -0.2) is 17.2 Å². The number of sulfonamides is 1. The van der Waals surface area contributed by atoms with Crippen LogP contribution < -0.4 is 10.0 Å². The van der Waals surface area contributed by atoms with Crippen LogP contribution in [0, 0.1) is 25.5 Å². The van der Waals surface area contributed by atoms with Gasteiger partial charge in [-0.3, -0.25) is 9.52 Å². The number of benzene rings is 3. The number of amides is 1. The second kappa shape index (κ2) is 8.00. The van der Waals surface area contributed by atoms with Crippen molar-refractivity contribution in [3.63, 3.8) is 0 Å². The molecule has 0 radical (unpaired) electrons. The van der Waals surface area contributed by atoms with Gasteiger partial charge >= 0.3 is 0 Å². The van der Waals surface area contributed by atoms with Gasteiger partial charge in [0.05, 0.1) is 16.3 Å². The van der Waals surface area contributed by atoms with Crippen molar-refractivity contribution >= 4 is 27.3 Å². The van der Waals surface area contributed by atoms with Gasteiger partial charge in [0.1, 0.15) is 11.6 Å². The Kier molecular flexibility index (Phi) is 5.65. The molecule has 0 aliphatic carbocycles. The SMILES string of the molecule is Cc1ccc(S(=O)(=O)Nc2cccc(C(=O)Nc3ccc(F)cc3F)c2C)cc1. The minimum absolute atomic E-state index is 0.0886. The van der Waals surface area contributed by atoms with Crippen LogP contribution in [0.3, 0.4) is 0 Å². The minimum atomic E-state index is -3.85. The van der Waals surface area contributed by atoms with E-state index in [9.17, 15) is 22.0 Å². The molecule has 0 unspecified atom stereocenters. The van der Waals surface area contributed by atoms with Gasteiger partial charge in [0, 0.05) is 11.6 Å². The van der Waals surface area contributed by atoms with E-state index in [-0.39, 0.29) is 21.8 Å². The van der Waals surface area contributed by atoms with E-state index in [4.69, 9.17) is 0 Å². The lowest BCUT2D eigenvalue weighted by molar-refractivity contribution is 0.102. The Morgan fingerprint density at radius 1 is 0.897 bits per heavy atom. The van der Waals surface area contributed by atoms with E-state index in [1.54, 1.807) is 19.1 Å². The summed E-state index contributed by atoms with van der Waals surface area (Å²) < 4.78 is 54.5. The number of aryl methyl sites for hydroxylation is 1. The maximum Gasteiger partial charge on any atom is 0.261 e. The van der Waals surface area contributed by atoms with Gasteiger partial charge in [-0.1, -0.05) is 23.8 Å². The standard InChI is InChI=1S/C21H18F2N2O3S/c1-13-6-9-16(10-7-13)29(27,28)25-19-5-3-4-17(14(19)2)21(26)24-20-11-8-15(22)12-18(20)23/h3-12,25H,1-2H3,(H,24,26). The Balaban J connectivity index is 1.87. The largest absolute Gasteiger partial charge is 0.319 e. The molecular formula is C21H18F2N2O3S. The van der Waals surface area contributed by atoms with Crippen LogP contribution in [0.4, 0.5) is 20.2 Å². The van der Waals surface area contributed by atoms with Crippen LogP contribution in [0.1, 0.15) is 21.5 Å². The summed E-state index contributed by atoms with van der Waals surface area (Å²) in [6.07, 6.45) is 0. The topological polar surface area (TPSA) is 75.3 Å². The summed E-state index contributed by atoms with van der Waals surface area (Å²) in [5.74, 6) is -2.32. The van der Waals surface area contributed by atoms with E-state index < -0.39 is 27.6 Å². The molecule has 150 valence electrons. The average Bonchev–Trinajstić information content (AvgIpc) is 2.66. The molecule has 5 nitrogen and oxygen atoms in total. The fourth-order valence-electron chi connectivity index (χ4n) is 2.69. The van der Waals surface area contributed by atoms with Crippen molar-refractivity contribution in [1.82, 2.24) is 0 Å². The van der Waals surface area contributed by atoms with Crippen molar-refractivity contribution in [3.8, 4) is 0 Å². The maximum atomic E-state index is 13.8. The van der Waals surface area contributed by atoms with Gasteiger partial charge in [-0.15, -0.1) is 0 Å². The van der Waals surface area contributed by atoms with E-state index in [2.05, 4.69) is 10.0 Å². The first-order valence-electron chi connectivity index (χ1n) is 8.63. The number of hydrogen-bond donors (Lipinski definition) is 2. The summed E-state index contributed by atoms with van der Waals surface area (Å²) in [5, 5.41) is 2.36. The number of nitrogens with one attached hydrogen (secondary N) is 2. The van der Waals surface area contributed by atoms with Gasteiger partial charge in [-0.2, -0.15) is 0 Å². The first-order chi connectivity index (χ1) is 13.7. The Hall–Kier alpha value is -3.26. The molecule has 8 heteroatoms. The zero-order chi connectivity index (χ0) is 21.2. The first-order valence-corrected chi connectivity index (χ1v) is 10.1. The number of carbonyl (C=O) groups excluding carboxylic acids is 1. The van der Waals surface area contributed by atoms with Crippen molar-refractivity contribution < 1.29 is 22.0 Å². The summed E-state index contributed by atoms with van der Waals surface area (Å²) in [6, 6.07) is 13.7. The quantitative estimate of drug-likeness (QED) is 0.637. The molecule has 3 rings (SSSR count).